The number of rotatable bonds is 3. The molecular formula is C17H14N2OS. The summed E-state index contributed by atoms with van der Waals surface area (Å²) < 4.78 is 2.13. The van der Waals surface area contributed by atoms with Crippen LogP contribution in [-0.2, 0) is 6.54 Å². The molecule has 0 saturated carbocycles. The van der Waals surface area contributed by atoms with E-state index in [1.54, 1.807) is 23.9 Å². The molecule has 0 saturated heterocycles. The van der Waals surface area contributed by atoms with E-state index in [-0.39, 0.29) is 5.75 Å². The second-order valence-corrected chi connectivity index (χ2v) is 5.56. The Labute approximate surface area is 127 Å². The number of aromatic nitrogens is 1. The second kappa shape index (κ2) is 5.55. The summed E-state index contributed by atoms with van der Waals surface area (Å²) in [4.78, 5) is 0. The Hall–Kier alpha value is -2.38. The molecule has 21 heavy (non-hydrogen) atoms. The fraction of sp³-hybridized carbons (Fsp3) is 0.118. The highest BCUT2D eigenvalue weighted by molar-refractivity contribution is 7.98. The Morgan fingerprint density at radius 3 is 2.62 bits per heavy atom. The highest BCUT2D eigenvalue weighted by Crippen LogP contribution is 2.34. The summed E-state index contributed by atoms with van der Waals surface area (Å²) >= 11 is 1.56. The quantitative estimate of drug-likeness (QED) is 0.743. The van der Waals surface area contributed by atoms with Crippen LogP contribution in [0.3, 0.4) is 0 Å². The molecule has 1 N–H and O–H groups in total. The highest BCUT2D eigenvalue weighted by atomic mass is 32.2. The maximum Gasteiger partial charge on any atom is 0.116 e. The normalized spacial score (nSPS) is 10.7. The first kappa shape index (κ1) is 13.6. The molecule has 0 radical (unpaired) electrons. The maximum absolute atomic E-state index is 9.69. The van der Waals surface area contributed by atoms with Crippen LogP contribution in [0.4, 0.5) is 0 Å². The molecule has 3 aromatic rings. The van der Waals surface area contributed by atoms with Crippen LogP contribution in [0, 0.1) is 11.3 Å². The van der Waals surface area contributed by atoms with Gasteiger partial charge in [0.1, 0.15) is 11.8 Å². The molecule has 0 amide bonds. The molecule has 0 atom stereocenters. The number of fused-ring (bicyclic) bond motifs is 1. The molecule has 0 spiro atoms. The third-order valence-electron chi connectivity index (χ3n) is 3.49. The first-order chi connectivity index (χ1) is 10.2. The highest BCUT2D eigenvalue weighted by Gasteiger charge is 2.17. The molecule has 1 heterocycles. The fourth-order valence-corrected chi connectivity index (χ4v) is 3.31. The van der Waals surface area contributed by atoms with Gasteiger partial charge < -0.3 is 9.67 Å². The Kier molecular flexibility index (Phi) is 3.59. The molecule has 0 aliphatic carbocycles. The van der Waals surface area contributed by atoms with E-state index in [0.717, 1.165) is 15.9 Å². The van der Waals surface area contributed by atoms with Gasteiger partial charge in [-0.1, -0.05) is 30.3 Å². The first-order valence-electron chi connectivity index (χ1n) is 6.58. The first-order valence-corrected chi connectivity index (χ1v) is 7.80. The molecule has 4 heteroatoms. The van der Waals surface area contributed by atoms with Gasteiger partial charge in [0.2, 0.25) is 0 Å². The Morgan fingerprint density at radius 2 is 1.95 bits per heavy atom. The number of nitriles is 1. The fourth-order valence-electron chi connectivity index (χ4n) is 2.56. The molecule has 0 aliphatic rings. The summed E-state index contributed by atoms with van der Waals surface area (Å²) in [6.45, 7) is 0.708. The van der Waals surface area contributed by atoms with Crippen LogP contribution in [0.1, 0.15) is 11.1 Å². The van der Waals surface area contributed by atoms with Crippen LogP contribution in [0.15, 0.2) is 53.6 Å². The monoisotopic (exact) mass is 294 g/mol. The summed E-state index contributed by atoms with van der Waals surface area (Å²) in [5.41, 5.74) is 2.78. The van der Waals surface area contributed by atoms with Crippen molar-refractivity contribution < 1.29 is 5.11 Å². The van der Waals surface area contributed by atoms with E-state index >= 15 is 0 Å². The summed E-state index contributed by atoms with van der Waals surface area (Å²) in [6, 6.07) is 17.6. The average molecular weight is 294 g/mol. The van der Waals surface area contributed by atoms with E-state index in [1.807, 2.05) is 30.5 Å². The van der Waals surface area contributed by atoms with E-state index in [0.29, 0.717) is 12.1 Å². The van der Waals surface area contributed by atoms with E-state index in [1.165, 1.54) is 5.56 Å². The molecule has 3 nitrogen and oxygen atoms in total. The predicted molar refractivity (Wildman–Crippen MR) is 85.6 cm³/mol. The van der Waals surface area contributed by atoms with Gasteiger partial charge in [-0.2, -0.15) is 5.26 Å². The molecule has 0 unspecified atom stereocenters. The van der Waals surface area contributed by atoms with Crippen LogP contribution in [0.5, 0.6) is 5.75 Å². The lowest BCUT2D eigenvalue weighted by atomic mass is 10.2. The maximum atomic E-state index is 9.69. The van der Waals surface area contributed by atoms with Crippen LogP contribution in [0.2, 0.25) is 0 Å². The van der Waals surface area contributed by atoms with Crippen molar-refractivity contribution in [2.45, 2.75) is 11.6 Å². The van der Waals surface area contributed by atoms with Crippen LogP contribution in [-0.4, -0.2) is 15.9 Å². The Morgan fingerprint density at radius 1 is 1.19 bits per heavy atom. The number of nitrogens with zero attached hydrogens (tertiary/aromatic N) is 2. The van der Waals surface area contributed by atoms with E-state index in [9.17, 15) is 10.4 Å². The summed E-state index contributed by atoms with van der Waals surface area (Å²) in [7, 11) is 0. The molecule has 0 fully saturated rings. The number of benzene rings is 2. The van der Waals surface area contributed by atoms with Crippen molar-refractivity contribution in [1.82, 2.24) is 4.57 Å². The number of hydrogen-bond acceptors (Lipinski definition) is 3. The topological polar surface area (TPSA) is 48.9 Å². The van der Waals surface area contributed by atoms with Crippen molar-refractivity contribution >= 4 is 22.7 Å². The molecule has 104 valence electrons. The van der Waals surface area contributed by atoms with Crippen molar-refractivity contribution in [3.8, 4) is 11.8 Å². The third kappa shape index (κ3) is 2.37. The smallest absolute Gasteiger partial charge is 0.116 e. The summed E-state index contributed by atoms with van der Waals surface area (Å²) in [5.74, 6) is 0.184. The minimum Gasteiger partial charge on any atom is -0.508 e. The van der Waals surface area contributed by atoms with Crippen LogP contribution < -0.4 is 0 Å². The standard InChI is InChI=1S/C17H14N2OS/c1-21-17-15(10-18)14-9-13(20)7-8-16(14)19(17)11-12-5-3-2-4-6-12/h2-9,20H,11H2,1H3. The minimum atomic E-state index is 0.184. The largest absolute Gasteiger partial charge is 0.508 e. The van der Waals surface area contributed by atoms with E-state index in [4.69, 9.17) is 0 Å². The zero-order chi connectivity index (χ0) is 14.8. The second-order valence-electron chi connectivity index (χ2n) is 4.77. The van der Waals surface area contributed by atoms with Crippen molar-refractivity contribution in [2.24, 2.45) is 0 Å². The number of phenolic OH excluding ortho intramolecular Hbond substituents is 1. The number of phenols is 1. The molecule has 1 aromatic heterocycles. The molecule has 0 aliphatic heterocycles. The molecule has 2 aromatic carbocycles. The van der Waals surface area contributed by atoms with Gasteiger partial charge in [0, 0.05) is 11.9 Å². The van der Waals surface area contributed by atoms with Crippen molar-refractivity contribution in [2.75, 3.05) is 6.26 Å². The number of thioether (sulfide) groups is 1. The number of hydrogen-bond donors (Lipinski definition) is 1. The van der Waals surface area contributed by atoms with Gasteiger partial charge in [-0.3, -0.25) is 0 Å². The van der Waals surface area contributed by atoms with Crippen LogP contribution >= 0.6 is 11.8 Å². The van der Waals surface area contributed by atoms with Gasteiger partial charge in [0.15, 0.2) is 0 Å². The van der Waals surface area contributed by atoms with Gasteiger partial charge in [0.05, 0.1) is 16.1 Å². The van der Waals surface area contributed by atoms with Crippen molar-refractivity contribution in [3.63, 3.8) is 0 Å². The van der Waals surface area contributed by atoms with Gasteiger partial charge in [-0.25, -0.2) is 0 Å². The lowest BCUT2D eigenvalue weighted by Gasteiger charge is -2.09. The summed E-state index contributed by atoms with van der Waals surface area (Å²) in [6.07, 6.45) is 1.97. The van der Waals surface area contributed by atoms with E-state index < -0.39 is 0 Å². The average Bonchev–Trinajstić information content (AvgIpc) is 2.80. The number of aromatic hydroxyl groups is 1. The summed E-state index contributed by atoms with van der Waals surface area (Å²) in [5, 5.41) is 20.9. The molecule has 0 bridgehead atoms. The lowest BCUT2D eigenvalue weighted by molar-refractivity contribution is 0.476. The zero-order valence-corrected chi connectivity index (χ0v) is 12.4. The molecular weight excluding hydrogens is 280 g/mol. The zero-order valence-electron chi connectivity index (χ0n) is 11.6. The van der Waals surface area contributed by atoms with Gasteiger partial charge in [0.25, 0.3) is 0 Å². The van der Waals surface area contributed by atoms with Crippen molar-refractivity contribution in [1.29, 1.82) is 5.26 Å². The van der Waals surface area contributed by atoms with Gasteiger partial charge in [-0.15, -0.1) is 11.8 Å². The van der Waals surface area contributed by atoms with Gasteiger partial charge in [-0.05, 0) is 30.0 Å². The Balaban J connectivity index is 2.24. The Bertz CT molecular complexity index is 831. The van der Waals surface area contributed by atoms with Gasteiger partial charge >= 0.3 is 0 Å². The van der Waals surface area contributed by atoms with Crippen LogP contribution in [0.25, 0.3) is 10.9 Å². The van der Waals surface area contributed by atoms with E-state index in [2.05, 4.69) is 22.8 Å². The SMILES string of the molecule is CSc1c(C#N)c2cc(O)ccc2n1Cc1ccccc1. The third-order valence-corrected chi connectivity index (χ3v) is 4.30. The predicted octanol–water partition coefficient (Wildman–Crippen LogP) is 3.99. The minimum absolute atomic E-state index is 0.184. The molecule has 3 rings (SSSR count). The lowest BCUT2D eigenvalue weighted by Crippen LogP contribution is -2.01. The van der Waals surface area contributed by atoms with Crippen molar-refractivity contribution in [3.05, 3.63) is 59.7 Å².